The van der Waals surface area contributed by atoms with Crippen molar-refractivity contribution in [3.63, 3.8) is 0 Å². The van der Waals surface area contributed by atoms with Gasteiger partial charge < -0.3 is 4.74 Å². The summed E-state index contributed by atoms with van der Waals surface area (Å²) >= 11 is 0. The highest BCUT2D eigenvalue weighted by Gasteiger charge is 1.93. The molecule has 0 N–H and O–H groups in total. The first-order valence-corrected chi connectivity index (χ1v) is 2.51. The fourth-order valence-electron chi connectivity index (χ4n) is 0.378. The van der Waals surface area contributed by atoms with Crippen LogP contribution in [0.25, 0.3) is 0 Å². The summed E-state index contributed by atoms with van der Waals surface area (Å²) in [6, 6.07) is 0. The first-order chi connectivity index (χ1) is 3.81. The van der Waals surface area contributed by atoms with E-state index < -0.39 is 0 Å². The molecule has 0 radical (unpaired) electrons. The van der Waals surface area contributed by atoms with Gasteiger partial charge in [0.05, 0.1) is 6.26 Å². The predicted molar refractivity (Wildman–Crippen MR) is 34.2 cm³/mol. The van der Waals surface area contributed by atoms with E-state index in [9.17, 15) is 0 Å². The Hall–Kier alpha value is -0.900. The van der Waals surface area contributed by atoms with Gasteiger partial charge in [-0.2, -0.15) is 0 Å². The second-order valence-electron chi connectivity index (χ2n) is 1.52. The van der Waals surface area contributed by atoms with Crippen LogP contribution in [0.2, 0.25) is 0 Å². The van der Waals surface area contributed by atoms with Gasteiger partial charge in [0, 0.05) is 6.42 Å². The van der Waals surface area contributed by atoms with Gasteiger partial charge in [-0.3, -0.25) is 0 Å². The van der Waals surface area contributed by atoms with Crippen LogP contribution in [-0.4, -0.2) is 6.10 Å². The maximum Gasteiger partial charge on any atom is 0.106 e. The van der Waals surface area contributed by atoms with E-state index in [1.165, 1.54) is 6.26 Å². The van der Waals surface area contributed by atoms with E-state index in [0.717, 1.165) is 0 Å². The molecule has 1 atom stereocenters. The normalized spacial score (nSPS) is 11.5. The third-order valence-corrected chi connectivity index (χ3v) is 0.734. The van der Waals surface area contributed by atoms with E-state index in [2.05, 4.69) is 12.5 Å². The molecule has 0 amide bonds. The van der Waals surface area contributed by atoms with Crippen LogP contribution in [0.4, 0.5) is 0 Å². The second kappa shape index (κ2) is 4.26. The molecule has 0 fully saturated rings. The van der Waals surface area contributed by atoms with Crippen LogP contribution >= 0.6 is 0 Å². The van der Waals surface area contributed by atoms with Crippen LogP contribution in [0.3, 0.4) is 0 Å². The molecule has 1 unspecified atom stereocenters. The highest BCUT2D eigenvalue weighted by atomic mass is 16.5. The minimum Gasteiger partial charge on any atom is -0.498 e. The van der Waals surface area contributed by atoms with Crippen molar-refractivity contribution in [3.8, 4) is 12.3 Å². The lowest BCUT2D eigenvalue weighted by atomic mass is 10.3. The Labute approximate surface area is 50.4 Å². The van der Waals surface area contributed by atoms with Gasteiger partial charge in [0.15, 0.2) is 0 Å². The van der Waals surface area contributed by atoms with E-state index in [1.807, 2.05) is 6.92 Å². The lowest BCUT2D eigenvalue weighted by Gasteiger charge is -2.04. The Morgan fingerprint density at radius 1 is 2.00 bits per heavy atom. The summed E-state index contributed by atoms with van der Waals surface area (Å²) in [6.45, 7) is 5.30. The van der Waals surface area contributed by atoms with Crippen molar-refractivity contribution in [2.24, 2.45) is 0 Å². The molecule has 0 saturated carbocycles. The van der Waals surface area contributed by atoms with Crippen LogP contribution in [0.15, 0.2) is 12.8 Å². The zero-order valence-corrected chi connectivity index (χ0v) is 5.05. The molecule has 0 rings (SSSR count). The van der Waals surface area contributed by atoms with Gasteiger partial charge in [-0.15, -0.1) is 12.3 Å². The van der Waals surface area contributed by atoms with Gasteiger partial charge in [0.25, 0.3) is 0 Å². The average Bonchev–Trinajstić information content (AvgIpc) is 1.68. The summed E-state index contributed by atoms with van der Waals surface area (Å²) in [5, 5.41) is 0. The molecule has 0 bridgehead atoms. The van der Waals surface area contributed by atoms with Crippen molar-refractivity contribution >= 4 is 0 Å². The molecule has 1 heteroatoms. The zero-order valence-electron chi connectivity index (χ0n) is 5.05. The Balaban J connectivity index is 3.20. The van der Waals surface area contributed by atoms with Crippen LogP contribution < -0.4 is 0 Å². The summed E-state index contributed by atoms with van der Waals surface area (Å²) in [5.41, 5.74) is 0. The highest BCUT2D eigenvalue weighted by Crippen LogP contribution is 1.93. The molecule has 0 aliphatic rings. The van der Waals surface area contributed by atoms with E-state index in [1.54, 1.807) is 0 Å². The van der Waals surface area contributed by atoms with Crippen molar-refractivity contribution in [2.75, 3.05) is 0 Å². The second-order valence-corrected chi connectivity index (χ2v) is 1.52. The van der Waals surface area contributed by atoms with Crippen molar-refractivity contribution in [1.82, 2.24) is 0 Å². The van der Waals surface area contributed by atoms with Crippen molar-refractivity contribution in [1.29, 1.82) is 0 Å². The molecule has 8 heavy (non-hydrogen) atoms. The molecule has 0 spiro atoms. The highest BCUT2D eigenvalue weighted by molar-refractivity contribution is 4.86. The number of rotatable bonds is 3. The summed E-state index contributed by atoms with van der Waals surface area (Å²) in [4.78, 5) is 0. The van der Waals surface area contributed by atoms with Gasteiger partial charge in [-0.25, -0.2) is 0 Å². The summed E-state index contributed by atoms with van der Waals surface area (Å²) in [6.07, 6.45) is 7.15. The Morgan fingerprint density at radius 2 is 2.62 bits per heavy atom. The van der Waals surface area contributed by atoms with Crippen molar-refractivity contribution in [2.45, 2.75) is 19.4 Å². The molecule has 0 aliphatic heterocycles. The summed E-state index contributed by atoms with van der Waals surface area (Å²) in [5.74, 6) is 2.48. The van der Waals surface area contributed by atoms with Crippen molar-refractivity contribution in [3.05, 3.63) is 12.8 Å². The predicted octanol–water partition coefficient (Wildman–Crippen LogP) is 1.56. The minimum atomic E-state index is 0.109. The van der Waals surface area contributed by atoms with E-state index in [4.69, 9.17) is 11.2 Å². The summed E-state index contributed by atoms with van der Waals surface area (Å²) < 4.78 is 4.90. The Kier molecular flexibility index (Phi) is 3.78. The molecular formula is C7H10O. The summed E-state index contributed by atoms with van der Waals surface area (Å²) in [7, 11) is 0. The van der Waals surface area contributed by atoms with Gasteiger partial charge in [-0.05, 0) is 6.92 Å². The fraction of sp³-hybridized carbons (Fsp3) is 0.429. The molecule has 0 aromatic carbocycles. The Bertz CT molecular complexity index is 99.4. The lowest BCUT2D eigenvalue weighted by molar-refractivity contribution is 0.167. The number of terminal acetylenes is 1. The van der Waals surface area contributed by atoms with E-state index in [-0.39, 0.29) is 6.10 Å². The molecule has 0 saturated heterocycles. The van der Waals surface area contributed by atoms with Gasteiger partial charge in [0.2, 0.25) is 0 Å². The largest absolute Gasteiger partial charge is 0.498 e. The number of ether oxygens (including phenoxy) is 1. The minimum absolute atomic E-state index is 0.109. The topological polar surface area (TPSA) is 9.23 Å². The molecular weight excluding hydrogens is 100 g/mol. The van der Waals surface area contributed by atoms with E-state index >= 15 is 0 Å². The Morgan fingerprint density at radius 3 is 3.00 bits per heavy atom. The monoisotopic (exact) mass is 110 g/mol. The first-order valence-electron chi connectivity index (χ1n) is 2.51. The van der Waals surface area contributed by atoms with Gasteiger partial charge in [-0.1, -0.05) is 6.58 Å². The SMILES string of the molecule is C#CCC(C)OC=C. The maximum absolute atomic E-state index is 5.00. The molecule has 1 nitrogen and oxygen atoms in total. The molecule has 0 aromatic heterocycles. The maximum atomic E-state index is 5.00. The van der Waals surface area contributed by atoms with Crippen LogP contribution in [0.1, 0.15) is 13.3 Å². The van der Waals surface area contributed by atoms with Crippen molar-refractivity contribution < 1.29 is 4.74 Å². The third-order valence-electron chi connectivity index (χ3n) is 0.734. The first kappa shape index (κ1) is 7.10. The molecule has 0 heterocycles. The zero-order chi connectivity index (χ0) is 6.41. The molecule has 0 aromatic rings. The lowest BCUT2D eigenvalue weighted by Crippen LogP contribution is -2.00. The van der Waals surface area contributed by atoms with Gasteiger partial charge in [0.1, 0.15) is 6.10 Å². The van der Waals surface area contributed by atoms with E-state index in [0.29, 0.717) is 6.42 Å². The molecule has 0 aliphatic carbocycles. The van der Waals surface area contributed by atoms with Crippen LogP contribution in [-0.2, 0) is 4.74 Å². The smallest absolute Gasteiger partial charge is 0.106 e. The number of hydrogen-bond acceptors (Lipinski definition) is 1. The third kappa shape index (κ3) is 3.30. The molecule has 44 valence electrons. The average molecular weight is 110 g/mol. The van der Waals surface area contributed by atoms with Gasteiger partial charge >= 0.3 is 0 Å². The standard InChI is InChI=1S/C7H10O/c1-4-6-7(3)8-5-2/h1,5,7H,2,6H2,3H3. The van der Waals surface area contributed by atoms with Crippen LogP contribution in [0, 0.1) is 12.3 Å². The quantitative estimate of drug-likeness (QED) is 0.395. The number of hydrogen-bond donors (Lipinski definition) is 0. The fourth-order valence-corrected chi connectivity index (χ4v) is 0.378. The van der Waals surface area contributed by atoms with Crippen LogP contribution in [0.5, 0.6) is 0 Å².